The second-order valence-electron chi connectivity index (χ2n) is 5.59. The molecule has 1 fully saturated rings. The fourth-order valence-electron chi connectivity index (χ4n) is 3.26. The van der Waals surface area contributed by atoms with Gasteiger partial charge in [-0.15, -0.1) is 0 Å². The highest BCUT2D eigenvalue weighted by molar-refractivity contribution is 5.21. The Morgan fingerprint density at radius 1 is 1.00 bits per heavy atom. The van der Waals surface area contributed by atoms with Crippen molar-refractivity contribution in [2.24, 2.45) is 11.1 Å². The Balaban J connectivity index is 2.09. The Hall–Kier alpha value is -1.03. The Morgan fingerprint density at radius 2 is 1.58 bits per heavy atom. The van der Waals surface area contributed by atoms with Crippen LogP contribution >= 0.6 is 0 Å². The van der Waals surface area contributed by atoms with Crippen LogP contribution in [0.1, 0.15) is 44.1 Å². The number of hydrogen-bond donors (Lipinski definition) is 1. The molecule has 0 spiro atoms. The van der Waals surface area contributed by atoms with E-state index in [1.165, 1.54) is 0 Å². The second-order valence-corrected chi connectivity index (χ2v) is 5.59. The van der Waals surface area contributed by atoms with E-state index in [2.05, 4.69) is 0 Å². The van der Waals surface area contributed by atoms with Crippen LogP contribution in [0.4, 0.5) is 13.2 Å². The van der Waals surface area contributed by atoms with E-state index in [4.69, 9.17) is 5.73 Å². The first-order valence-electron chi connectivity index (χ1n) is 6.90. The topological polar surface area (TPSA) is 26.0 Å². The number of nitrogens with two attached hydrogens (primary N) is 1. The average molecular weight is 271 g/mol. The van der Waals surface area contributed by atoms with Crippen molar-refractivity contribution < 1.29 is 13.2 Å². The Labute approximate surface area is 112 Å². The molecule has 1 saturated carbocycles. The van der Waals surface area contributed by atoms with Crippen molar-refractivity contribution in [3.8, 4) is 0 Å². The molecule has 1 nitrogen and oxygen atoms in total. The maximum Gasteiger partial charge on any atom is 0.132 e. The summed E-state index contributed by atoms with van der Waals surface area (Å²) in [5, 5.41) is 0. The lowest BCUT2D eigenvalue weighted by atomic mass is 9.77. The normalized spacial score (nSPS) is 17.9. The van der Waals surface area contributed by atoms with Crippen molar-refractivity contribution in [3.05, 3.63) is 35.1 Å². The van der Waals surface area contributed by atoms with Crippen molar-refractivity contribution in [1.82, 2.24) is 0 Å². The first-order chi connectivity index (χ1) is 9.06. The minimum Gasteiger partial charge on any atom is -0.330 e. The zero-order chi connectivity index (χ0) is 13.9. The summed E-state index contributed by atoms with van der Waals surface area (Å²) >= 11 is 0. The van der Waals surface area contributed by atoms with Gasteiger partial charge in [0.25, 0.3) is 0 Å². The minimum atomic E-state index is -0.865. The van der Waals surface area contributed by atoms with Crippen molar-refractivity contribution in [2.75, 3.05) is 6.54 Å². The summed E-state index contributed by atoms with van der Waals surface area (Å²) in [5.74, 6) is -2.42. The molecule has 0 atom stereocenters. The summed E-state index contributed by atoms with van der Waals surface area (Å²) in [5.41, 5.74) is 5.78. The lowest BCUT2D eigenvalue weighted by Gasteiger charge is -2.28. The third-order valence-electron chi connectivity index (χ3n) is 4.35. The van der Waals surface area contributed by atoms with E-state index in [0.717, 1.165) is 50.7 Å². The molecule has 0 unspecified atom stereocenters. The molecule has 0 aliphatic heterocycles. The molecule has 0 saturated heterocycles. The minimum absolute atomic E-state index is 0.00435. The second kappa shape index (κ2) is 5.95. The summed E-state index contributed by atoms with van der Waals surface area (Å²) in [6.45, 7) is 0.606. The average Bonchev–Trinajstić information content (AvgIpc) is 2.77. The fourth-order valence-corrected chi connectivity index (χ4v) is 3.26. The highest BCUT2D eigenvalue weighted by atomic mass is 19.1. The molecule has 0 aromatic heterocycles. The van der Waals surface area contributed by atoms with Gasteiger partial charge in [-0.1, -0.05) is 12.8 Å². The highest BCUT2D eigenvalue weighted by Gasteiger charge is 2.33. The zero-order valence-corrected chi connectivity index (χ0v) is 11.0. The zero-order valence-electron chi connectivity index (χ0n) is 11.0. The summed E-state index contributed by atoms with van der Waals surface area (Å²) in [6.07, 6.45) is 6.42. The van der Waals surface area contributed by atoms with Crippen LogP contribution in [-0.4, -0.2) is 6.54 Å². The Morgan fingerprint density at radius 3 is 2.11 bits per heavy atom. The van der Waals surface area contributed by atoms with Gasteiger partial charge in [0.05, 0.1) is 0 Å². The quantitative estimate of drug-likeness (QED) is 0.862. The number of rotatable bonds is 5. The molecule has 2 rings (SSSR count). The van der Waals surface area contributed by atoms with Gasteiger partial charge < -0.3 is 5.73 Å². The van der Waals surface area contributed by atoms with Gasteiger partial charge in [-0.2, -0.15) is 0 Å². The van der Waals surface area contributed by atoms with Crippen molar-refractivity contribution >= 4 is 0 Å². The first kappa shape index (κ1) is 14.4. The lowest BCUT2D eigenvalue weighted by molar-refractivity contribution is 0.251. The molecule has 0 heterocycles. The predicted molar refractivity (Wildman–Crippen MR) is 69.2 cm³/mol. The molecule has 106 valence electrons. The molecule has 1 aromatic rings. The van der Waals surface area contributed by atoms with Crippen molar-refractivity contribution in [1.29, 1.82) is 0 Å². The summed E-state index contributed by atoms with van der Waals surface area (Å²) in [6, 6.07) is 1.51. The molecule has 4 heteroatoms. The van der Waals surface area contributed by atoms with E-state index >= 15 is 0 Å². The third-order valence-corrected chi connectivity index (χ3v) is 4.35. The van der Waals surface area contributed by atoms with Crippen LogP contribution in [-0.2, 0) is 6.42 Å². The smallest absolute Gasteiger partial charge is 0.132 e. The van der Waals surface area contributed by atoms with Gasteiger partial charge in [-0.3, -0.25) is 0 Å². The summed E-state index contributed by atoms with van der Waals surface area (Å²) < 4.78 is 40.0. The molecule has 2 N–H and O–H groups in total. The Kier molecular flexibility index (Phi) is 4.50. The van der Waals surface area contributed by atoms with Gasteiger partial charge in [-0.05, 0) is 44.1 Å². The first-order valence-corrected chi connectivity index (χ1v) is 6.90. The van der Waals surface area contributed by atoms with Crippen LogP contribution in [0, 0.1) is 22.9 Å². The molecule has 1 aromatic carbocycles. The van der Waals surface area contributed by atoms with Crippen LogP contribution in [0.2, 0.25) is 0 Å². The molecule has 19 heavy (non-hydrogen) atoms. The van der Waals surface area contributed by atoms with Crippen LogP contribution in [0.15, 0.2) is 12.1 Å². The van der Waals surface area contributed by atoms with Gasteiger partial charge >= 0.3 is 0 Å². The van der Waals surface area contributed by atoms with Gasteiger partial charge in [0.2, 0.25) is 0 Å². The SMILES string of the molecule is NCCC1(CCc2c(F)cc(F)cc2F)CCCC1. The van der Waals surface area contributed by atoms with Crippen LogP contribution in [0.25, 0.3) is 0 Å². The van der Waals surface area contributed by atoms with Crippen molar-refractivity contribution in [3.63, 3.8) is 0 Å². The van der Waals surface area contributed by atoms with Crippen LogP contribution in [0.3, 0.4) is 0 Å². The summed E-state index contributed by atoms with van der Waals surface area (Å²) in [4.78, 5) is 0. The number of hydrogen-bond acceptors (Lipinski definition) is 1. The third kappa shape index (κ3) is 3.30. The van der Waals surface area contributed by atoms with E-state index in [1.54, 1.807) is 0 Å². The highest BCUT2D eigenvalue weighted by Crippen LogP contribution is 2.44. The number of halogens is 3. The largest absolute Gasteiger partial charge is 0.330 e. The van der Waals surface area contributed by atoms with Crippen molar-refractivity contribution in [2.45, 2.75) is 44.9 Å². The maximum absolute atomic E-state index is 13.6. The maximum atomic E-state index is 13.6. The fraction of sp³-hybridized carbons (Fsp3) is 0.600. The Bertz CT molecular complexity index is 416. The molecule has 0 amide bonds. The van der Waals surface area contributed by atoms with Crippen LogP contribution in [0.5, 0.6) is 0 Å². The molecule has 1 aliphatic rings. The van der Waals surface area contributed by atoms with E-state index < -0.39 is 17.5 Å². The number of benzene rings is 1. The molecule has 1 aliphatic carbocycles. The van der Waals surface area contributed by atoms with E-state index in [0.29, 0.717) is 13.0 Å². The van der Waals surface area contributed by atoms with Crippen LogP contribution < -0.4 is 5.73 Å². The predicted octanol–water partition coefficient (Wildman–Crippen LogP) is 3.95. The monoisotopic (exact) mass is 271 g/mol. The molecular formula is C15H20F3N. The van der Waals surface area contributed by atoms with Gasteiger partial charge in [0.1, 0.15) is 17.5 Å². The summed E-state index contributed by atoms with van der Waals surface area (Å²) in [7, 11) is 0. The van der Waals surface area contributed by atoms with E-state index in [9.17, 15) is 13.2 Å². The standard InChI is InChI=1S/C15H20F3N/c16-11-9-13(17)12(14(18)10-11)3-6-15(7-8-19)4-1-2-5-15/h9-10H,1-8,19H2. The lowest BCUT2D eigenvalue weighted by Crippen LogP contribution is -2.22. The molecule has 0 bridgehead atoms. The van der Waals surface area contributed by atoms with E-state index in [-0.39, 0.29) is 11.0 Å². The molecular weight excluding hydrogens is 251 g/mol. The van der Waals surface area contributed by atoms with E-state index in [1.807, 2.05) is 0 Å². The molecule has 0 radical (unpaired) electrons. The van der Waals surface area contributed by atoms with Gasteiger partial charge in [0.15, 0.2) is 0 Å². The van der Waals surface area contributed by atoms with Gasteiger partial charge in [-0.25, -0.2) is 13.2 Å². The van der Waals surface area contributed by atoms with Gasteiger partial charge in [0, 0.05) is 17.7 Å².